The molecule has 4 rings (SSSR count). The largest absolute Gasteiger partial charge is 0.395 e. The Bertz CT molecular complexity index is 855. The summed E-state index contributed by atoms with van der Waals surface area (Å²) in [5, 5.41) is 10.1. The molecule has 4 nitrogen and oxygen atoms in total. The van der Waals surface area contributed by atoms with Crippen molar-refractivity contribution < 1.29 is 5.11 Å². The first-order chi connectivity index (χ1) is 14.8. The first-order valence-electron chi connectivity index (χ1n) is 11.4. The highest BCUT2D eigenvalue weighted by Crippen LogP contribution is 2.42. The fraction of sp³-hybridized carbons (Fsp3) is 0.500. The number of hydrogen-bond donors (Lipinski definition) is 1. The van der Waals surface area contributed by atoms with E-state index in [-0.39, 0.29) is 12.6 Å². The standard InChI is InChI=1S/C26H33N3O/c1-2-3-4-7-21-8-10-23(11-9-21)26-24-19-28(18-22-12-14-27-15-13-22)16-5-6-17-29(24)25(26)20-30/h8-15,24-26,30H,2-3,5-6,16-20H2,1H3/t24-,25+,26+/m1/s1. The van der Waals surface area contributed by atoms with Crippen LogP contribution >= 0.6 is 0 Å². The molecule has 1 aromatic carbocycles. The molecule has 0 radical (unpaired) electrons. The van der Waals surface area contributed by atoms with Gasteiger partial charge in [-0.2, -0.15) is 0 Å². The zero-order valence-corrected chi connectivity index (χ0v) is 18.0. The lowest BCUT2D eigenvalue weighted by molar-refractivity contribution is -0.0655. The second-order valence-corrected chi connectivity index (χ2v) is 8.55. The minimum absolute atomic E-state index is 0.226. The number of fused-ring (bicyclic) bond motifs is 1. The second-order valence-electron chi connectivity index (χ2n) is 8.55. The van der Waals surface area contributed by atoms with Crippen LogP contribution in [0.25, 0.3) is 0 Å². The van der Waals surface area contributed by atoms with Gasteiger partial charge in [0.2, 0.25) is 0 Å². The summed E-state index contributed by atoms with van der Waals surface area (Å²) >= 11 is 0. The van der Waals surface area contributed by atoms with Gasteiger partial charge in [-0.3, -0.25) is 14.8 Å². The van der Waals surface area contributed by atoms with Gasteiger partial charge in [-0.25, -0.2) is 0 Å². The summed E-state index contributed by atoms with van der Waals surface area (Å²) in [4.78, 5) is 9.27. The number of nitrogens with zero attached hydrogens (tertiary/aromatic N) is 3. The molecule has 1 aromatic heterocycles. The Morgan fingerprint density at radius 2 is 1.83 bits per heavy atom. The number of aromatic nitrogens is 1. The summed E-state index contributed by atoms with van der Waals surface area (Å²) in [5.74, 6) is 6.87. The summed E-state index contributed by atoms with van der Waals surface area (Å²) in [6.07, 6.45) is 8.20. The predicted molar refractivity (Wildman–Crippen MR) is 121 cm³/mol. The summed E-state index contributed by atoms with van der Waals surface area (Å²) in [7, 11) is 0. The molecule has 1 N–H and O–H groups in total. The SMILES string of the molecule is CCCC#Cc1ccc([C@H]2[C@H]3CN(Cc4ccncc4)CCCCN3[C@H]2CO)cc1. The second kappa shape index (κ2) is 10.2. The van der Waals surface area contributed by atoms with Gasteiger partial charge in [-0.05, 0) is 67.7 Å². The van der Waals surface area contributed by atoms with Gasteiger partial charge in [-0.1, -0.05) is 30.9 Å². The van der Waals surface area contributed by atoms with Crippen LogP contribution in [-0.2, 0) is 6.54 Å². The van der Waals surface area contributed by atoms with Crippen LogP contribution in [0.15, 0.2) is 48.8 Å². The van der Waals surface area contributed by atoms with E-state index in [1.807, 2.05) is 12.4 Å². The fourth-order valence-electron chi connectivity index (χ4n) is 4.98. The lowest BCUT2D eigenvalue weighted by Gasteiger charge is -2.57. The topological polar surface area (TPSA) is 39.6 Å². The van der Waals surface area contributed by atoms with Crippen molar-refractivity contribution in [1.82, 2.24) is 14.8 Å². The number of pyridine rings is 1. The van der Waals surface area contributed by atoms with Gasteiger partial charge in [-0.15, -0.1) is 0 Å². The first-order valence-corrected chi connectivity index (χ1v) is 11.4. The zero-order valence-electron chi connectivity index (χ0n) is 18.0. The van der Waals surface area contributed by atoms with Gasteiger partial charge < -0.3 is 5.11 Å². The molecule has 3 atom stereocenters. The molecule has 0 amide bonds. The van der Waals surface area contributed by atoms with E-state index in [0.717, 1.165) is 44.6 Å². The number of rotatable bonds is 5. The average Bonchev–Trinajstić information content (AvgIpc) is 2.76. The van der Waals surface area contributed by atoms with Gasteiger partial charge in [0.25, 0.3) is 0 Å². The van der Waals surface area contributed by atoms with Gasteiger partial charge in [0.15, 0.2) is 0 Å². The number of hydrogen-bond acceptors (Lipinski definition) is 4. The number of unbranched alkanes of at least 4 members (excludes halogenated alkanes) is 1. The maximum atomic E-state index is 10.1. The number of aliphatic hydroxyl groups is 1. The van der Waals surface area contributed by atoms with Crippen LogP contribution in [0.3, 0.4) is 0 Å². The van der Waals surface area contributed by atoms with Crippen molar-refractivity contribution in [1.29, 1.82) is 0 Å². The van der Waals surface area contributed by atoms with Crippen LogP contribution in [0.4, 0.5) is 0 Å². The fourth-order valence-corrected chi connectivity index (χ4v) is 4.98. The third-order valence-electron chi connectivity index (χ3n) is 6.51. The van der Waals surface area contributed by atoms with Gasteiger partial charge in [0.05, 0.1) is 6.61 Å². The molecule has 3 heterocycles. The predicted octanol–water partition coefficient (Wildman–Crippen LogP) is 3.66. The molecule has 2 aliphatic rings. The van der Waals surface area contributed by atoms with Crippen LogP contribution in [0, 0.1) is 11.8 Å². The van der Waals surface area contributed by atoms with Crippen molar-refractivity contribution in [3.05, 3.63) is 65.5 Å². The van der Waals surface area contributed by atoms with Crippen LogP contribution < -0.4 is 0 Å². The highest BCUT2D eigenvalue weighted by atomic mass is 16.3. The van der Waals surface area contributed by atoms with Crippen molar-refractivity contribution in [3.8, 4) is 11.8 Å². The van der Waals surface area contributed by atoms with E-state index in [2.05, 4.69) is 69.9 Å². The van der Waals surface area contributed by atoms with E-state index >= 15 is 0 Å². The minimum Gasteiger partial charge on any atom is -0.395 e. The quantitative estimate of drug-likeness (QED) is 0.774. The Labute approximate surface area is 180 Å². The molecule has 2 aromatic rings. The number of aliphatic hydroxyl groups excluding tert-OH is 1. The summed E-state index contributed by atoms with van der Waals surface area (Å²) in [6.45, 7) is 6.62. The summed E-state index contributed by atoms with van der Waals surface area (Å²) in [6, 6.07) is 13.7. The van der Waals surface area contributed by atoms with E-state index in [0.29, 0.717) is 12.0 Å². The molecule has 2 fully saturated rings. The lowest BCUT2D eigenvalue weighted by atomic mass is 9.74. The van der Waals surface area contributed by atoms with Crippen LogP contribution in [0.5, 0.6) is 0 Å². The van der Waals surface area contributed by atoms with Crippen molar-refractivity contribution in [2.75, 3.05) is 26.2 Å². The van der Waals surface area contributed by atoms with E-state index < -0.39 is 0 Å². The van der Waals surface area contributed by atoms with E-state index in [9.17, 15) is 5.11 Å². The molecule has 0 spiro atoms. The monoisotopic (exact) mass is 403 g/mol. The molecule has 2 aliphatic heterocycles. The molecular formula is C26H33N3O. The molecule has 0 unspecified atom stereocenters. The maximum Gasteiger partial charge on any atom is 0.0593 e. The van der Waals surface area contributed by atoms with Gasteiger partial charge in [0, 0.05) is 55.5 Å². The summed E-state index contributed by atoms with van der Waals surface area (Å²) < 4.78 is 0. The molecule has 0 saturated carbocycles. The Balaban J connectivity index is 1.50. The van der Waals surface area contributed by atoms with Gasteiger partial charge in [0.1, 0.15) is 0 Å². The minimum atomic E-state index is 0.226. The molecular weight excluding hydrogens is 370 g/mol. The Morgan fingerprint density at radius 3 is 2.57 bits per heavy atom. The summed E-state index contributed by atoms with van der Waals surface area (Å²) in [5.41, 5.74) is 3.74. The number of benzene rings is 1. The molecule has 30 heavy (non-hydrogen) atoms. The third kappa shape index (κ3) is 4.75. The van der Waals surface area contributed by atoms with Crippen molar-refractivity contribution >= 4 is 0 Å². The van der Waals surface area contributed by atoms with E-state index in [1.165, 1.54) is 24.0 Å². The first kappa shape index (κ1) is 21.1. The lowest BCUT2D eigenvalue weighted by Crippen LogP contribution is -2.67. The van der Waals surface area contributed by atoms with Crippen molar-refractivity contribution in [2.45, 2.75) is 57.2 Å². The molecule has 0 aliphatic carbocycles. The Kier molecular flexibility index (Phi) is 7.17. The molecule has 4 heteroatoms. The average molecular weight is 404 g/mol. The van der Waals surface area contributed by atoms with Crippen molar-refractivity contribution in [2.24, 2.45) is 0 Å². The van der Waals surface area contributed by atoms with Crippen molar-refractivity contribution in [3.63, 3.8) is 0 Å². The maximum absolute atomic E-state index is 10.1. The Morgan fingerprint density at radius 1 is 1.07 bits per heavy atom. The van der Waals surface area contributed by atoms with Crippen LogP contribution in [-0.4, -0.2) is 58.2 Å². The molecule has 158 valence electrons. The third-order valence-corrected chi connectivity index (χ3v) is 6.51. The Hall–Kier alpha value is -2.19. The highest BCUT2D eigenvalue weighted by Gasteiger charge is 2.48. The zero-order chi connectivity index (χ0) is 20.8. The normalized spacial score (nSPS) is 24.7. The van der Waals surface area contributed by atoms with E-state index in [1.54, 1.807) is 0 Å². The van der Waals surface area contributed by atoms with Crippen LogP contribution in [0.1, 0.15) is 55.2 Å². The smallest absolute Gasteiger partial charge is 0.0593 e. The van der Waals surface area contributed by atoms with Crippen LogP contribution in [0.2, 0.25) is 0 Å². The molecule has 0 bridgehead atoms. The molecule has 2 saturated heterocycles. The van der Waals surface area contributed by atoms with E-state index in [4.69, 9.17) is 0 Å². The highest BCUT2D eigenvalue weighted by molar-refractivity contribution is 5.39. The van der Waals surface area contributed by atoms with Gasteiger partial charge >= 0.3 is 0 Å².